The third-order valence-electron chi connectivity index (χ3n) is 4.52. The fraction of sp³-hybridized carbons (Fsp3) is 0.263. The van der Waals surface area contributed by atoms with Crippen LogP contribution in [0.4, 0.5) is 23.2 Å². The molecule has 8 nitrogen and oxygen atoms in total. The summed E-state index contributed by atoms with van der Waals surface area (Å²) < 4.78 is 57.6. The van der Waals surface area contributed by atoms with E-state index in [0.717, 1.165) is 12.1 Å². The van der Waals surface area contributed by atoms with Crippen LogP contribution >= 0.6 is 0 Å². The minimum Gasteiger partial charge on any atom is -0.487 e. The highest BCUT2D eigenvalue weighted by atomic mass is 19.4. The molecule has 1 aromatic carbocycles. The van der Waals surface area contributed by atoms with Gasteiger partial charge in [0, 0.05) is 6.07 Å². The van der Waals surface area contributed by atoms with Gasteiger partial charge in [0.05, 0.1) is 37.1 Å². The molecule has 2 aromatic rings. The van der Waals surface area contributed by atoms with E-state index in [9.17, 15) is 22.4 Å². The number of halogens is 4. The summed E-state index contributed by atoms with van der Waals surface area (Å²) in [6.45, 7) is 1.07. The van der Waals surface area contributed by atoms with Crippen LogP contribution in [-0.4, -0.2) is 47.4 Å². The SMILES string of the molecule is O=C(NC1=NNCC=C1)c1ncncc1N1CC(Oc2cc(F)cc(C(F)(F)F)c2)C1. The Kier molecular flexibility index (Phi) is 5.44. The number of anilines is 1. The predicted octanol–water partition coefficient (Wildman–Crippen LogP) is 2.10. The van der Waals surface area contributed by atoms with Crippen LogP contribution in [0.3, 0.4) is 0 Å². The average molecular weight is 436 g/mol. The second-order valence-corrected chi connectivity index (χ2v) is 6.79. The number of hydrogen-bond donors (Lipinski definition) is 2. The first kappa shape index (κ1) is 20.6. The summed E-state index contributed by atoms with van der Waals surface area (Å²) in [5.74, 6) is -1.41. The van der Waals surface area contributed by atoms with E-state index in [-0.39, 0.29) is 24.5 Å². The zero-order valence-electron chi connectivity index (χ0n) is 15.9. The van der Waals surface area contributed by atoms with Crippen LogP contribution in [0.25, 0.3) is 0 Å². The number of alkyl halides is 3. The zero-order chi connectivity index (χ0) is 22.0. The highest BCUT2D eigenvalue weighted by molar-refractivity contribution is 6.11. The van der Waals surface area contributed by atoms with Gasteiger partial charge in [0.1, 0.15) is 24.0 Å². The second kappa shape index (κ2) is 8.20. The Morgan fingerprint density at radius 3 is 2.77 bits per heavy atom. The number of nitrogens with one attached hydrogen (secondary N) is 2. The van der Waals surface area contributed by atoms with Gasteiger partial charge in [-0.15, -0.1) is 0 Å². The average Bonchev–Trinajstić information content (AvgIpc) is 2.70. The molecule has 0 radical (unpaired) electrons. The molecule has 31 heavy (non-hydrogen) atoms. The van der Waals surface area contributed by atoms with Crippen molar-refractivity contribution in [3.8, 4) is 5.75 Å². The van der Waals surface area contributed by atoms with Crippen LogP contribution in [0.15, 0.2) is 48.0 Å². The topological polar surface area (TPSA) is 91.7 Å². The maximum absolute atomic E-state index is 13.5. The van der Waals surface area contributed by atoms with Gasteiger partial charge < -0.3 is 20.4 Å². The van der Waals surface area contributed by atoms with Crippen molar-refractivity contribution < 1.29 is 27.1 Å². The van der Waals surface area contributed by atoms with Crippen LogP contribution in [-0.2, 0) is 6.18 Å². The third-order valence-corrected chi connectivity index (χ3v) is 4.52. The summed E-state index contributed by atoms with van der Waals surface area (Å²) >= 11 is 0. The van der Waals surface area contributed by atoms with Crippen LogP contribution in [0.5, 0.6) is 5.75 Å². The van der Waals surface area contributed by atoms with E-state index >= 15 is 0 Å². The lowest BCUT2D eigenvalue weighted by Crippen LogP contribution is -2.54. The number of hydrazone groups is 1. The molecule has 2 aliphatic rings. The lowest BCUT2D eigenvalue weighted by atomic mass is 10.1. The molecule has 2 aliphatic heterocycles. The Bertz CT molecular complexity index is 1050. The number of amidine groups is 1. The van der Waals surface area contributed by atoms with Crippen LogP contribution in [0.1, 0.15) is 16.1 Å². The first-order chi connectivity index (χ1) is 14.8. The predicted molar refractivity (Wildman–Crippen MR) is 102 cm³/mol. The lowest BCUT2D eigenvalue weighted by Gasteiger charge is -2.40. The quantitative estimate of drug-likeness (QED) is 0.714. The van der Waals surface area contributed by atoms with E-state index < -0.39 is 29.6 Å². The fourth-order valence-electron chi connectivity index (χ4n) is 3.06. The summed E-state index contributed by atoms with van der Waals surface area (Å²) in [6, 6.07) is 2.06. The van der Waals surface area contributed by atoms with Crippen molar-refractivity contribution in [3.05, 3.63) is 59.9 Å². The van der Waals surface area contributed by atoms with E-state index in [0.29, 0.717) is 24.1 Å². The maximum atomic E-state index is 13.5. The number of ether oxygens (including phenoxy) is 1. The minimum absolute atomic E-state index is 0.111. The summed E-state index contributed by atoms with van der Waals surface area (Å²) in [5.41, 5.74) is 2.15. The van der Waals surface area contributed by atoms with E-state index in [1.165, 1.54) is 12.5 Å². The first-order valence-electron chi connectivity index (χ1n) is 9.17. The molecule has 0 bridgehead atoms. The molecule has 0 aliphatic carbocycles. The number of aromatic nitrogens is 2. The molecule has 12 heteroatoms. The van der Waals surface area contributed by atoms with Crippen molar-refractivity contribution in [2.24, 2.45) is 5.10 Å². The molecule has 0 saturated carbocycles. The maximum Gasteiger partial charge on any atom is 0.416 e. The molecule has 2 N–H and O–H groups in total. The molecule has 1 fully saturated rings. The molecule has 1 aromatic heterocycles. The highest BCUT2D eigenvalue weighted by Gasteiger charge is 2.34. The Morgan fingerprint density at radius 2 is 2.06 bits per heavy atom. The molecule has 3 heterocycles. The van der Waals surface area contributed by atoms with Crippen molar-refractivity contribution in [3.63, 3.8) is 0 Å². The zero-order valence-corrected chi connectivity index (χ0v) is 15.9. The van der Waals surface area contributed by atoms with Crippen molar-refractivity contribution in [2.45, 2.75) is 12.3 Å². The molecule has 162 valence electrons. The number of hydrogen-bond acceptors (Lipinski definition) is 7. The molecular weight excluding hydrogens is 420 g/mol. The molecule has 0 atom stereocenters. The Hall–Kier alpha value is -3.70. The standard InChI is InChI=1S/C19H16F4N6O2/c20-12-4-11(19(21,22)23)5-13(6-12)31-14-8-29(9-14)15-7-24-10-25-17(15)18(30)27-16-2-1-3-26-28-16/h1-2,4-7,10,14,26H,3,8-9H2,(H,27,28,30). The smallest absolute Gasteiger partial charge is 0.416 e. The molecular formula is C19H16F4N6O2. The minimum atomic E-state index is -4.68. The van der Waals surface area contributed by atoms with Crippen LogP contribution in [0.2, 0.25) is 0 Å². The van der Waals surface area contributed by atoms with E-state index in [2.05, 4.69) is 25.8 Å². The van der Waals surface area contributed by atoms with Crippen molar-refractivity contribution in [2.75, 3.05) is 24.5 Å². The van der Waals surface area contributed by atoms with Gasteiger partial charge in [-0.05, 0) is 18.2 Å². The summed E-state index contributed by atoms with van der Waals surface area (Å²) in [5, 5.41) is 6.58. The molecule has 4 rings (SSSR count). The van der Waals surface area contributed by atoms with Crippen LogP contribution < -0.4 is 20.4 Å². The van der Waals surface area contributed by atoms with Crippen molar-refractivity contribution >= 4 is 17.4 Å². The van der Waals surface area contributed by atoms with Gasteiger partial charge in [0.15, 0.2) is 11.5 Å². The Morgan fingerprint density at radius 1 is 1.26 bits per heavy atom. The largest absolute Gasteiger partial charge is 0.487 e. The summed E-state index contributed by atoms with van der Waals surface area (Å²) in [4.78, 5) is 22.3. The second-order valence-electron chi connectivity index (χ2n) is 6.79. The number of amides is 1. The number of benzene rings is 1. The van der Waals surface area contributed by atoms with E-state index in [1.54, 1.807) is 17.1 Å². The monoisotopic (exact) mass is 436 g/mol. The van der Waals surface area contributed by atoms with E-state index in [4.69, 9.17) is 4.74 Å². The molecule has 0 unspecified atom stereocenters. The summed E-state index contributed by atoms with van der Waals surface area (Å²) in [7, 11) is 0. The van der Waals surface area contributed by atoms with Gasteiger partial charge in [-0.25, -0.2) is 14.4 Å². The van der Waals surface area contributed by atoms with Gasteiger partial charge >= 0.3 is 6.18 Å². The van der Waals surface area contributed by atoms with Gasteiger partial charge in [0.2, 0.25) is 0 Å². The first-order valence-corrected chi connectivity index (χ1v) is 9.17. The van der Waals surface area contributed by atoms with Gasteiger partial charge in [0.25, 0.3) is 5.91 Å². The molecule has 1 saturated heterocycles. The van der Waals surface area contributed by atoms with Gasteiger partial charge in [-0.2, -0.15) is 18.3 Å². The van der Waals surface area contributed by atoms with Crippen LogP contribution in [0, 0.1) is 5.82 Å². The number of nitrogens with zero attached hydrogens (tertiary/aromatic N) is 4. The Labute approximate surface area is 173 Å². The summed E-state index contributed by atoms with van der Waals surface area (Å²) in [6.07, 6.45) is 0.957. The number of carbonyl (C=O) groups excluding carboxylic acids is 1. The van der Waals surface area contributed by atoms with E-state index in [1.807, 2.05) is 0 Å². The number of carbonyl (C=O) groups is 1. The van der Waals surface area contributed by atoms with Gasteiger partial charge in [-0.3, -0.25) is 4.79 Å². The van der Waals surface area contributed by atoms with Crippen molar-refractivity contribution in [1.82, 2.24) is 20.7 Å². The Balaban J connectivity index is 1.42. The molecule has 0 spiro atoms. The van der Waals surface area contributed by atoms with Crippen molar-refractivity contribution in [1.29, 1.82) is 0 Å². The molecule has 1 amide bonds. The third kappa shape index (κ3) is 4.73. The van der Waals surface area contributed by atoms with Gasteiger partial charge in [-0.1, -0.05) is 6.08 Å². The number of rotatable bonds is 4. The normalized spacial score (nSPS) is 16.3. The lowest BCUT2D eigenvalue weighted by molar-refractivity contribution is -0.137. The highest BCUT2D eigenvalue weighted by Crippen LogP contribution is 2.33. The fourth-order valence-corrected chi connectivity index (χ4v) is 3.06.